The molecule has 0 N–H and O–H groups in total. The van der Waals surface area contributed by atoms with Crippen LogP contribution in [0.1, 0.15) is 27.0 Å². The summed E-state index contributed by atoms with van der Waals surface area (Å²) in [4.78, 5) is 16.8. The van der Waals surface area contributed by atoms with Crippen molar-refractivity contribution in [3.05, 3.63) is 71.0 Å². The van der Waals surface area contributed by atoms with Gasteiger partial charge in [-0.05, 0) is 25.1 Å². The lowest BCUT2D eigenvalue weighted by Crippen LogP contribution is -2.11. The van der Waals surface area contributed by atoms with Crippen LogP contribution in [-0.2, 0) is 6.42 Å². The third kappa shape index (κ3) is 4.40. The van der Waals surface area contributed by atoms with Crippen molar-refractivity contribution >= 4 is 5.97 Å². The SMILES string of the molecule is COc1c(C)c(Cc2cnccc2OC(=O)c2ccccc2)c(OC)c(OC)c1OC. The predicted molar refractivity (Wildman–Crippen MR) is 116 cm³/mol. The summed E-state index contributed by atoms with van der Waals surface area (Å²) in [6.45, 7) is 1.91. The summed E-state index contributed by atoms with van der Waals surface area (Å²) in [7, 11) is 6.21. The highest BCUT2D eigenvalue weighted by molar-refractivity contribution is 5.91. The summed E-state index contributed by atoms with van der Waals surface area (Å²) in [6.07, 6.45) is 3.61. The van der Waals surface area contributed by atoms with Crippen molar-refractivity contribution in [3.8, 4) is 28.7 Å². The molecule has 1 aromatic heterocycles. The molecule has 0 radical (unpaired) electrons. The highest BCUT2D eigenvalue weighted by Crippen LogP contribution is 2.50. The van der Waals surface area contributed by atoms with Crippen LogP contribution in [0.5, 0.6) is 28.7 Å². The lowest BCUT2D eigenvalue weighted by molar-refractivity contribution is 0.0733. The topological polar surface area (TPSA) is 76.1 Å². The number of aromatic nitrogens is 1. The Kier molecular flexibility index (Phi) is 6.97. The minimum absolute atomic E-state index is 0.372. The Hall–Kier alpha value is -3.74. The Morgan fingerprint density at radius 3 is 2.06 bits per heavy atom. The molecule has 0 spiro atoms. The molecular formula is C24H25NO6. The van der Waals surface area contributed by atoms with Gasteiger partial charge in [-0.3, -0.25) is 4.98 Å². The number of carbonyl (C=O) groups is 1. The third-order valence-electron chi connectivity index (χ3n) is 4.94. The lowest BCUT2D eigenvalue weighted by Gasteiger charge is -2.22. The predicted octanol–water partition coefficient (Wildman–Crippen LogP) is 4.23. The Morgan fingerprint density at radius 1 is 0.839 bits per heavy atom. The number of rotatable bonds is 8. The van der Waals surface area contributed by atoms with E-state index < -0.39 is 5.97 Å². The summed E-state index contributed by atoms with van der Waals surface area (Å²) in [5.41, 5.74) is 2.80. The smallest absolute Gasteiger partial charge is 0.343 e. The number of nitrogens with zero attached hydrogens (tertiary/aromatic N) is 1. The molecule has 0 bridgehead atoms. The Balaban J connectivity index is 2.05. The summed E-state index contributed by atoms with van der Waals surface area (Å²) in [5, 5.41) is 0. The zero-order valence-corrected chi connectivity index (χ0v) is 18.2. The van der Waals surface area contributed by atoms with Gasteiger partial charge < -0.3 is 23.7 Å². The van der Waals surface area contributed by atoms with E-state index in [4.69, 9.17) is 23.7 Å². The molecule has 0 aliphatic rings. The highest BCUT2D eigenvalue weighted by atomic mass is 16.5. The van der Waals surface area contributed by atoms with Crippen molar-refractivity contribution in [2.45, 2.75) is 13.3 Å². The summed E-state index contributed by atoms with van der Waals surface area (Å²) < 4.78 is 28.0. The normalized spacial score (nSPS) is 10.4. The van der Waals surface area contributed by atoms with Crippen LogP contribution in [-0.4, -0.2) is 39.4 Å². The Bertz CT molecular complexity index is 1070. The van der Waals surface area contributed by atoms with E-state index in [1.165, 1.54) is 7.11 Å². The quantitative estimate of drug-likeness (QED) is 0.502. The van der Waals surface area contributed by atoms with E-state index in [0.717, 1.165) is 11.1 Å². The minimum atomic E-state index is -0.443. The van der Waals surface area contributed by atoms with Gasteiger partial charge in [-0.25, -0.2) is 4.79 Å². The van der Waals surface area contributed by atoms with Crippen molar-refractivity contribution in [1.82, 2.24) is 4.98 Å². The van der Waals surface area contributed by atoms with Crippen LogP contribution in [0, 0.1) is 6.92 Å². The molecule has 1 heterocycles. The summed E-state index contributed by atoms with van der Waals surface area (Å²) in [5.74, 6) is 1.91. The van der Waals surface area contributed by atoms with Crippen LogP contribution in [0.2, 0.25) is 0 Å². The molecule has 31 heavy (non-hydrogen) atoms. The van der Waals surface area contributed by atoms with Crippen LogP contribution < -0.4 is 23.7 Å². The van der Waals surface area contributed by atoms with Gasteiger partial charge in [-0.1, -0.05) is 18.2 Å². The van der Waals surface area contributed by atoms with Crippen LogP contribution in [0.15, 0.2) is 48.8 Å². The van der Waals surface area contributed by atoms with Gasteiger partial charge in [0.15, 0.2) is 11.5 Å². The van der Waals surface area contributed by atoms with Crippen LogP contribution in [0.3, 0.4) is 0 Å². The standard InChI is InChI=1S/C24H25NO6/c1-15-18(21(28-3)23(30-5)22(29-4)20(15)27-2)13-17-14-25-12-11-19(17)31-24(26)16-9-7-6-8-10-16/h6-12,14H,13H2,1-5H3. The molecule has 2 aromatic carbocycles. The van der Waals surface area contributed by atoms with E-state index in [1.807, 2.05) is 13.0 Å². The van der Waals surface area contributed by atoms with Gasteiger partial charge in [0.05, 0.1) is 34.0 Å². The van der Waals surface area contributed by atoms with E-state index in [9.17, 15) is 4.79 Å². The molecule has 0 saturated heterocycles. The van der Waals surface area contributed by atoms with Crippen molar-refractivity contribution in [3.63, 3.8) is 0 Å². The first-order valence-corrected chi connectivity index (χ1v) is 9.61. The first kappa shape index (κ1) is 22.0. The maximum absolute atomic E-state index is 12.6. The zero-order valence-electron chi connectivity index (χ0n) is 18.2. The molecule has 0 amide bonds. The van der Waals surface area contributed by atoms with Crippen LogP contribution in [0.4, 0.5) is 0 Å². The largest absolute Gasteiger partial charge is 0.492 e. The van der Waals surface area contributed by atoms with E-state index in [2.05, 4.69) is 4.98 Å². The second-order valence-electron chi connectivity index (χ2n) is 6.65. The number of hydrogen-bond donors (Lipinski definition) is 0. The summed E-state index contributed by atoms with van der Waals surface area (Å²) >= 11 is 0. The van der Waals surface area contributed by atoms with Gasteiger partial charge in [-0.15, -0.1) is 0 Å². The Morgan fingerprint density at radius 2 is 1.45 bits per heavy atom. The number of carbonyl (C=O) groups excluding carboxylic acids is 1. The fourth-order valence-corrected chi connectivity index (χ4v) is 3.44. The van der Waals surface area contributed by atoms with E-state index >= 15 is 0 Å². The van der Waals surface area contributed by atoms with Crippen molar-refractivity contribution in [2.24, 2.45) is 0 Å². The van der Waals surface area contributed by atoms with E-state index in [0.29, 0.717) is 46.3 Å². The number of hydrogen-bond acceptors (Lipinski definition) is 7. The molecule has 0 fully saturated rings. The molecule has 3 rings (SSSR count). The molecule has 162 valence electrons. The molecular weight excluding hydrogens is 398 g/mol. The van der Waals surface area contributed by atoms with Crippen molar-refractivity contribution in [1.29, 1.82) is 0 Å². The first-order valence-electron chi connectivity index (χ1n) is 9.61. The monoisotopic (exact) mass is 423 g/mol. The maximum Gasteiger partial charge on any atom is 0.343 e. The van der Waals surface area contributed by atoms with Gasteiger partial charge >= 0.3 is 5.97 Å². The fourth-order valence-electron chi connectivity index (χ4n) is 3.44. The third-order valence-corrected chi connectivity index (χ3v) is 4.94. The molecule has 0 aliphatic heterocycles. The molecule has 7 nitrogen and oxygen atoms in total. The fraction of sp³-hybridized carbons (Fsp3) is 0.250. The number of ether oxygens (including phenoxy) is 5. The van der Waals surface area contributed by atoms with E-state index in [1.54, 1.807) is 64.1 Å². The molecule has 0 unspecified atom stereocenters. The Labute approximate surface area is 181 Å². The molecule has 0 saturated carbocycles. The van der Waals surface area contributed by atoms with Gasteiger partial charge in [0.2, 0.25) is 11.5 Å². The lowest BCUT2D eigenvalue weighted by atomic mass is 9.97. The average Bonchev–Trinajstić information content (AvgIpc) is 2.81. The zero-order chi connectivity index (χ0) is 22.4. The molecule has 3 aromatic rings. The van der Waals surface area contributed by atoms with Crippen molar-refractivity contribution in [2.75, 3.05) is 28.4 Å². The van der Waals surface area contributed by atoms with Crippen LogP contribution in [0.25, 0.3) is 0 Å². The molecule has 0 aliphatic carbocycles. The number of pyridine rings is 1. The van der Waals surface area contributed by atoms with Gasteiger partial charge in [0.1, 0.15) is 5.75 Å². The van der Waals surface area contributed by atoms with Gasteiger partial charge in [-0.2, -0.15) is 0 Å². The molecule has 7 heteroatoms. The molecule has 0 atom stereocenters. The maximum atomic E-state index is 12.6. The van der Waals surface area contributed by atoms with Crippen molar-refractivity contribution < 1.29 is 28.5 Å². The van der Waals surface area contributed by atoms with Crippen LogP contribution >= 0.6 is 0 Å². The second-order valence-corrected chi connectivity index (χ2v) is 6.65. The average molecular weight is 423 g/mol. The number of benzene rings is 2. The minimum Gasteiger partial charge on any atom is -0.492 e. The second kappa shape index (κ2) is 9.84. The van der Waals surface area contributed by atoms with E-state index in [-0.39, 0.29) is 0 Å². The van der Waals surface area contributed by atoms with Gasteiger partial charge in [0.25, 0.3) is 0 Å². The van der Waals surface area contributed by atoms with Gasteiger partial charge in [0, 0.05) is 35.5 Å². The number of methoxy groups -OCH3 is 4. The first-order chi connectivity index (χ1) is 15.0. The summed E-state index contributed by atoms with van der Waals surface area (Å²) in [6, 6.07) is 10.5. The highest BCUT2D eigenvalue weighted by Gasteiger charge is 2.26. The number of esters is 1.